The van der Waals surface area contributed by atoms with Gasteiger partial charge in [0.25, 0.3) is 0 Å². The molecule has 1 aliphatic rings. The van der Waals surface area contributed by atoms with Crippen LogP contribution in [0.15, 0.2) is 66.2 Å². The molecule has 0 bridgehead atoms. The van der Waals surface area contributed by atoms with Crippen LogP contribution in [-0.2, 0) is 0 Å². The summed E-state index contributed by atoms with van der Waals surface area (Å²) in [5.41, 5.74) is 5.69. The van der Waals surface area contributed by atoms with E-state index < -0.39 is 0 Å². The van der Waals surface area contributed by atoms with Crippen LogP contribution in [0.5, 0.6) is 0 Å². The molecule has 1 fully saturated rings. The van der Waals surface area contributed by atoms with Crippen molar-refractivity contribution in [2.24, 2.45) is 0 Å². The summed E-state index contributed by atoms with van der Waals surface area (Å²) in [5, 5.41) is 3.44. The number of benzene rings is 2. The van der Waals surface area contributed by atoms with E-state index in [0.29, 0.717) is 0 Å². The van der Waals surface area contributed by atoms with Crippen molar-refractivity contribution in [3.8, 4) is 0 Å². The molecule has 1 heteroatoms. The highest BCUT2D eigenvalue weighted by molar-refractivity contribution is 5.82. The van der Waals surface area contributed by atoms with Crippen molar-refractivity contribution < 1.29 is 0 Å². The third-order valence-electron chi connectivity index (χ3n) is 3.69. The Bertz CT molecular complexity index is 505. The lowest BCUT2D eigenvalue weighted by molar-refractivity contribution is 0.611. The first-order valence-electron chi connectivity index (χ1n) is 7.99. The van der Waals surface area contributed by atoms with Gasteiger partial charge in [-0.1, -0.05) is 80.1 Å². The maximum absolute atomic E-state index is 3.44. The summed E-state index contributed by atoms with van der Waals surface area (Å²) < 4.78 is 0. The topological polar surface area (TPSA) is 12.0 Å². The zero-order valence-corrected chi connectivity index (χ0v) is 13.1. The molecule has 1 heterocycles. The predicted octanol–water partition coefficient (Wildman–Crippen LogP) is 4.90. The quantitative estimate of drug-likeness (QED) is 0.824. The van der Waals surface area contributed by atoms with E-state index in [0.717, 1.165) is 25.9 Å². The molecule has 1 aliphatic heterocycles. The number of rotatable bonds is 2. The fourth-order valence-corrected chi connectivity index (χ4v) is 2.76. The van der Waals surface area contributed by atoms with Crippen molar-refractivity contribution in [1.82, 2.24) is 5.32 Å². The Labute approximate surface area is 128 Å². The summed E-state index contributed by atoms with van der Waals surface area (Å²) in [5.74, 6) is 0. The van der Waals surface area contributed by atoms with E-state index in [1.54, 1.807) is 5.57 Å². The highest BCUT2D eigenvalue weighted by atomic mass is 14.9. The van der Waals surface area contributed by atoms with Gasteiger partial charge in [0, 0.05) is 0 Å². The Balaban J connectivity index is 0.000000774. The third-order valence-corrected chi connectivity index (χ3v) is 3.69. The molecule has 110 valence electrons. The number of hydrogen-bond donors (Lipinski definition) is 1. The summed E-state index contributed by atoms with van der Waals surface area (Å²) in [6.07, 6.45) is 2.30. The van der Waals surface area contributed by atoms with Gasteiger partial charge in [-0.05, 0) is 42.6 Å². The van der Waals surface area contributed by atoms with Crippen LogP contribution in [0.25, 0.3) is 5.57 Å². The molecule has 1 nitrogen and oxygen atoms in total. The number of piperidine rings is 1. The van der Waals surface area contributed by atoms with Crippen molar-refractivity contribution in [3.05, 3.63) is 77.4 Å². The first kappa shape index (κ1) is 15.5. The summed E-state index contributed by atoms with van der Waals surface area (Å²) in [6, 6.07) is 21.5. The third kappa shape index (κ3) is 4.05. The van der Waals surface area contributed by atoms with Gasteiger partial charge in [-0.15, -0.1) is 0 Å². The van der Waals surface area contributed by atoms with Crippen LogP contribution < -0.4 is 5.32 Å². The molecule has 21 heavy (non-hydrogen) atoms. The molecule has 0 atom stereocenters. The highest BCUT2D eigenvalue weighted by Gasteiger charge is 2.13. The van der Waals surface area contributed by atoms with Crippen LogP contribution in [0.2, 0.25) is 0 Å². The monoisotopic (exact) mass is 279 g/mol. The maximum Gasteiger partial charge on any atom is -0.00111 e. The normalized spacial score (nSPS) is 14.1. The Hall–Kier alpha value is -1.86. The minimum absolute atomic E-state index is 1.10. The van der Waals surface area contributed by atoms with Crippen LogP contribution in [0.4, 0.5) is 0 Å². The van der Waals surface area contributed by atoms with Crippen molar-refractivity contribution in [2.45, 2.75) is 26.7 Å². The molecule has 0 aromatic heterocycles. The van der Waals surface area contributed by atoms with E-state index in [-0.39, 0.29) is 0 Å². The Morgan fingerprint density at radius 2 is 1.14 bits per heavy atom. The lowest BCUT2D eigenvalue weighted by atomic mass is 9.89. The molecule has 2 aromatic rings. The van der Waals surface area contributed by atoms with Crippen molar-refractivity contribution in [1.29, 1.82) is 0 Å². The Morgan fingerprint density at radius 3 is 1.57 bits per heavy atom. The van der Waals surface area contributed by atoms with E-state index >= 15 is 0 Å². The predicted molar refractivity (Wildman–Crippen MR) is 92.4 cm³/mol. The van der Waals surface area contributed by atoms with Crippen LogP contribution in [-0.4, -0.2) is 13.1 Å². The van der Waals surface area contributed by atoms with E-state index in [1.807, 2.05) is 13.8 Å². The van der Waals surface area contributed by atoms with Gasteiger partial charge in [0.15, 0.2) is 0 Å². The largest absolute Gasteiger partial charge is 0.316 e. The second-order valence-corrected chi connectivity index (χ2v) is 4.96. The molecule has 0 amide bonds. The van der Waals surface area contributed by atoms with E-state index in [4.69, 9.17) is 0 Å². The number of nitrogens with one attached hydrogen (secondary N) is 1. The van der Waals surface area contributed by atoms with Gasteiger partial charge in [0.2, 0.25) is 0 Å². The molecular weight excluding hydrogens is 254 g/mol. The van der Waals surface area contributed by atoms with Gasteiger partial charge in [0.05, 0.1) is 0 Å². The molecule has 3 rings (SSSR count). The molecule has 0 saturated carbocycles. The van der Waals surface area contributed by atoms with Gasteiger partial charge in [-0.2, -0.15) is 0 Å². The van der Waals surface area contributed by atoms with Crippen LogP contribution in [0, 0.1) is 0 Å². The molecule has 0 radical (unpaired) electrons. The van der Waals surface area contributed by atoms with E-state index in [1.165, 1.54) is 16.7 Å². The molecule has 1 saturated heterocycles. The molecule has 0 aliphatic carbocycles. The summed E-state index contributed by atoms with van der Waals surface area (Å²) in [6.45, 7) is 6.19. The minimum Gasteiger partial charge on any atom is -0.316 e. The second kappa shape index (κ2) is 8.43. The maximum atomic E-state index is 3.44. The smallest absolute Gasteiger partial charge is 0.00111 e. The fraction of sp³-hybridized carbons (Fsp3) is 0.300. The van der Waals surface area contributed by atoms with Gasteiger partial charge in [-0.3, -0.25) is 0 Å². The Kier molecular flexibility index (Phi) is 6.23. The molecule has 1 N–H and O–H groups in total. The first-order valence-corrected chi connectivity index (χ1v) is 7.99. The Morgan fingerprint density at radius 1 is 0.714 bits per heavy atom. The van der Waals surface area contributed by atoms with Gasteiger partial charge in [0.1, 0.15) is 0 Å². The average molecular weight is 279 g/mol. The van der Waals surface area contributed by atoms with Gasteiger partial charge in [-0.25, -0.2) is 0 Å². The lowest BCUT2D eigenvalue weighted by Gasteiger charge is -2.21. The van der Waals surface area contributed by atoms with Crippen LogP contribution in [0.3, 0.4) is 0 Å². The summed E-state index contributed by atoms with van der Waals surface area (Å²) >= 11 is 0. The van der Waals surface area contributed by atoms with E-state index in [9.17, 15) is 0 Å². The van der Waals surface area contributed by atoms with Crippen molar-refractivity contribution in [3.63, 3.8) is 0 Å². The second-order valence-electron chi connectivity index (χ2n) is 4.96. The SMILES string of the molecule is CC.c1ccc(C(=C2CCNCC2)c2ccccc2)cc1. The zero-order valence-electron chi connectivity index (χ0n) is 13.1. The van der Waals surface area contributed by atoms with Crippen molar-refractivity contribution in [2.75, 3.05) is 13.1 Å². The first-order chi connectivity index (χ1) is 10.4. The van der Waals surface area contributed by atoms with Gasteiger partial charge < -0.3 is 5.32 Å². The zero-order chi connectivity index (χ0) is 14.9. The summed E-state index contributed by atoms with van der Waals surface area (Å²) in [4.78, 5) is 0. The van der Waals surface area contributed by atoms with E-state index in [2.05, 4.69) is 66.0 Å². The van der Waals surface area contributed by atoms with Crippen molar-refractivity contribution >= 4 is 5.57 Å². The summed E-state index contributed by atoms with van der Waals surface area (Å²) in [7, 11) is 0. The molecule has 2 aromatic carbocycles. The standard InChI is InChI=1S/C18H19N.C2H6/c1-3-7-15(8-4-1)18(16-9-5-2-6-10-16)17-11-13-19-14-12-17;1-2/h1-10,19H,11-14H2;1-2H3. The minimum atomic E-state index is 1.10. The van der Waals surface area contributed by atoms with Crippen LogP contribution >= 0.6 is 0 Å². The molecule has 0 unspecified atom stereocenters. The number of hydrogen-bond acceptors (Lipinski definition) is 1. The van der Waals surface area contributed by atoms with Crippen LogP contribution in [0.1, 0.15) is 37.8 Å². The average Bonchev–Trinajstić information content (AvgIpc) is 2.60. The fourth-order valence-electron chi connectivity index (χ4n) is 2.76. The molecular formula is C20H25N. The molecule has 0 spiro atoms. The lowest BCUT2D eigenvalue weighted by Crippen LogP contribution is -2.23. The highest BCUT2D eigenvalue weighted by Crippen LogP contribution is 2.30. The van der Waals surface area contributed by atoms with Gasteiger partial charge >= 0.3 is 0 Å².